The van der Waals surface area contributed by atoms with E-state index in [1.807, 2.05) is 30.3 Å². The summed E-state index contributed by atoms with van der Waals surface area (Å²) in [6.45, 7) is 0.763. The molecule has 0 unspecified atom stereocenters. The Kier molecular flexibility index (Phi) is 4.65. The van der Waals surface area contributed by atoms with E-state index < -0.39 is 0 Å². The molecule has 2 aromatic heterocycles. The average molecular weight is 315 g/mol. The molecule has 0 amide bonds. The first-order valence-electron chi connectivity index (χ1n) is 7.11. The molecular formula is C15H17N5O3. The molecule has 23 heavy (non-hydrogen) atoms. The Bertz CT molecular complexity index is 775. The van der Waals surface area contributed by atoms with Gasteiger partial charge in [-0.05, 0) is 5.56 Å². The molecule has 0 bridgehead atoms. The van der Waals surface area contributed by atoms with E-state index in [9.17, 15) is 0 Å². The van der Waals surface area contributed by atoms with Crippen LogP contribution in [0.2, 0.25) is 0 Å². The van der Waals surface area contributed by atoms with Gasteiger partial charge in [-0.15, -0.1) is 0 Å². The summed E-state index contributed by atoms with van der Waals surface area (Å²) in [4.78, 5) is 12.6. The molecule has 0 fully saturated rings. The number of anilines is 1. The van der Waals surface area contributed by atoms with Gasteiger partial charge in [0.25, 0.3) is 0 Å². The zero-order valence-corrected chi connectivity index (χ0v) is 12.4. The first-order chi connectivity index (χ1) is 11.3. The fourth-order valence-corrected chi connectivity index (χ4v) is 2.08. The highest BCUT2D eigenvalue weighted by atomic mass is 16.5. The zero-order valence-electron chi connectivity index (χ0n) is 12.4. The van der Waals surface area contributed by atoms with Crippen LogP contribution in [0.4, 0.5) is 5.95 Å². The highest BCUT2D eigenvalue weighted by Crippen LogP contribution is 2.22. The molecule has 0 radical (unpaired) electrons. The van der Waals surface area contributed by atoms with E-state index in [0.717, 1.165) is 5.56 Å². The van der Waals surface area contributed by atoms with Gasteiger partial charge in [0.1, 0.15) is 13.3 Å². The smallest absolute Gasteiger partial charge is 0.247 e. The Morgan fingerprint density at radius 1 is 1.17 bits per heavy atom. The fourth-order valence-electron chi connectivity index (χ4n) is 2.08. The third-order valence-corrected chi connectivity index (χ3v) is 3.13. The Labute approximate surface area is 132 Å². The predicted molar refractivity (Wildman–Crippen MR) is 83.5 cm³/mol. The van der Waals surface area contributed by atoms with E-state index in [2.05, 4.69) is 15.0 Å². The number of benzene rings is 1. The molecule has 0 aliphatic heterocycles. The minimum absolute atomic E-state index is 0.0464. The summed E-state index contributed by atoms with van der Waals surface area (Å²) >= 11 is 0. The van der Waals surface area contributed by atoms with Crippen molar-refractivity contribution in [2.24, 2.45) is 0 Å². The second-order valence-corrected chi connectivity index (χ2v) is 4.81. The molecule has 3 aromatic rings. The summed E-state index contributed by atoms with van der Waals surface area (Å²) in [5.41, 5.74) is 7.81. The maximum Gasteiger partial charge on any atom is 0.247 e. The van der Waals surface area contributed by atoms with E-state index in [1.54, 1.807) is 10.9 Å². The van der Waals surface area contributed by atoms with Crippen molar-refractivity contribution in [2.45, 2.75) is 13.3 Å². The first kappa shape index (κ1) is 15.2. The van der Waals surface area contributed by atoms with Gasteiger partial charge < -0.3 is 20.3 Å². The summed E-state index contributed by atoms with van der Waals surface area (Å²) in [7, 11) is 0. The normalized spacial score (nSPS) is 11.0. The second-order valence-electron chi connectivity index (χ2n) is 4.81. The molecule has 1 aromatic carbocycles. The van der Waals surface area contributed by atoms with Crippen molar-refractivity contribution in [3.8, 4) is 5.88 Å². The minimum Gasteiger partial charge on any atom is -0.471 e. The third kappa shape index (κ3) is 3.55. The molecule has 0 spiro atoms. The summed E-state index contributed by atoms with van der Waals surface area (Å²) in [6, 6.07) is 9.75. The van der Waals surface area contributed by atoms with Gasteiger partial charge in [-0.2, -0.15) is 9.97 Å². The van der Waals surface area contributed by atoms with E-state index in [-0.39, 0.29) is 25.9 Å². The Morgan fingerprint density at radius 3 is 2.78 bits per heavy atom. The van der Waals surface area contributed by atoms with Gasteiger partial charge >= 0.3 is 0 Å². The van der Waals surface area contributed by atoms with Crippen LogP contribution >= 0.6 is 0 Å². The lowest BCUT2D eigenvalue weighted by Crippen LogP contribution is -2.07. The Balaban J connectivity index is 1.82. The lowest BCUT2D eigenvalue weighted by atomic mass is 10.2. The van der Waals surface area contributed by atoms with Crippen LogP contribution in [0.5, 0.6) is 5.88 Å². The molecule has 0 aliphatic rings. The van der Waals surface area contributed by atoms with Gasteiger partial charge in [0.15, 0.2) is 11.2 Å². The number of imidazole rings is 1. The highest BCUT2D eigenvalue weighted by Gasteiger charge is 2.13. The monoisotopic (exact) mass is 315 g/mol. The quantitative estimate of drug-likeness (QED) is 0.625. The number of aliphatic hydroxyl groups is 1. The Morgan fingerprint density at radius 2 is 2.00 bits per heavy atom. The van der Waals surface area contributed by atoms with Crippen LogP contribution in [0, 0.1) is 0 Å². The van der Waals surface area contributed by atoms with Crippen LogP contribution in [0.3, 0.4) is 0 Å². The number of rotatable bonds is 7. The van der Waals surface area contributed by atoms with Gasteiger partial charge in [-0.25, -0.2) is 4.98 Å². The van der Waals surface area contributed by atoms with Gasteiger partial charge in [0.05, 0.1) is 19.5 Å². The number of ether oxygens (including phenoxy) is 2. The van der Waals surface area contributed by atoms with Crippen molar-refractivity contribution < 1.29 is 14.6 Å². The summed E-state index contributed by atoms with van der Waals surface area (Å²) in [5.74, 6) is 0.432. The number of nitrogen functional groups attached to an aromatic ring is 1. The molecule has 2 heterocycles. The number of aromatic nitrogens is 4. The fraction of sp³-hybridized carbons (Fsp3) is 0.267. The van der Waals surface area contributed by atoms with Crippen LogP contribution in [-0.2, 0) is 18.1 Å². The molecule has 120 valence electrons. The SMILES string of the molecule is Nc1nc(OCc2ccccc2)c2ncn(COCCO)c2n1. The van der Waals surface area contributed by atoms with Gasteiger partial charge in [0, 0.05) is 0 Å². The van der Waals surface area contributed by atoms with E-state index >= 15 is 0 Å². The highest BCUT2D eigenvalue weighted by molar-refractivity contribution is 5.77. The lowest BCUT2D eigenvalue weighted by Gasteiger charge is -2.08. The first-order valence-corrected chi connectivity index (χ1v) is 7.11. The van der Waals surface area contributed by atoms with E-state index in [0.29, 0.717) is 23.7 Å². The average Bonchev–Trinajstić information content (AvgIpc) is 2.97. The summed E-state index contributed by atoms with van der Waals surface area (Å²) < 4.78 is 12.7. The van der Waals surface area contributed by atoms with Crippen molar-refractivity contribution in [3.05, 3.63) is 42.2 Å². The second kappa shape index (κ2) is 7.03. The molecule has 0 atom stereocenters. The molecule has 3 rings (SSSR count). The Hall–Kier alpha value is -2.71. The predicted octanol–water partition coefficient (Wildman–Crippen LogP) is 0.954. The third-order valence-electron chi connectivity index (χ3n) is 3.13. The summed E-state index contributed by atoms with van der Waals surface area (Å²) in [5, 5.41) is 8.76. The van der Waals surface area contributed by atoms with Crippen molar-refractivity contribution in [2.75, 3.05) is 18.9 Å². The van der Waals surface area contributed by atoms with Crippen LogP contribution in [0.1, 0.15) is 5.56 Å². The van der Waals surface area contributed by atoms with E-state index in [1.165, 1.54) is 0 Å². The van der Waals surface area contributed by atoms with Crippen molar-refractivity contribution >= 4 is 17.1 Å². The molecule has 3 N–H and O–H groups in total. The molecule has 8 nitrogen and oxygen atoms in total. The maximum atomic E-state index is 8.76. The van der Waals surface area contributed by atoms with Crippen LogP contribution in [-0.4, -0.2) is 37.8 Å². The molecule has 8 heteroatoms. The van der Waals surface area contributed by atoms with Gasteiger partial charge in [-0.3, -0.25) is 4.57 Å². The van der Waals surface area contributed by atoms with Crippen molar-refractivity contribution in [1.29, 1.82) is 0 Å². The van der Waals surface area contributed by atoms with Crippen molar-refractivity contribution in [3.63, 3.8) is 0 Å². The van der Waals surface area contributed by atoms with Crippen molar-refractivity contribution in [1.82, 2.24) is 19.5 Å². The minimum atomic E-state index is -0.0464. The van der Waals surface area contributed by atoms with Crippen LogP contribution in [0.15, 0.2) is 36.7 Å². The van der Waals surface area contributed by atoms with Crippen LogP contribution < -0.4 is 10.5 Å². The molecular weight excluding hydrogens is 298 g/mol. The molecule has 0 aliphatic carbocycles. The van der Waals surface area contributed by atoms with E-state index in [4.69, 9.17) is 20.3 Å². The maximum absolute atomic E-state index is 8.76. The number of hydrogen-bond acceptors (Lipinski definition) is 7. The van der Waals surface area contributed by atoms with Crippen LogP contribution in [0.25, 0.3) is 11.2 Å². The lowest BCUT2D eigenvalue weighted by molar-refractivity contribution is 0.0499. The largest absolute Gasteiger partial charge is 0.471 e. The molecule has 0 saturated carbocycles. The number of aliphatic hydroxyl groups excluding tert-OH is 1. The standard InChI is InChI=1S/C15H17N5O3/c16-15-18-13-12(17-9-20(13)10-22-7-6-21)14(19-15)23-8-11-4-2-1-3-5-11/h1-5,9,21H,6-8,10H2,(H2,16,18,19). The zero-order chi connectivity index (χ0) is 16.1. The van der Waals surface area contributed by atoms with Gasteiger partial charge in [0.2, 0.25) is 11.8 Å². The number of fused-ring (bicyclic) bond motifs is 1. The van der Waals surface area contributed by atoms with Gasteiger partial charge in [-0.1, -0.05) is 30.3 Å². The summed E-state index contributed by atoms with van der Waals surface area (Å²) in [6.07, 6.45) is 1.57. The number of hydrogen-bond donors (Lipinski definition) is 2. The topological polar surface area (TPSA) is 108 Å². The molecule has 0 saturated heterocycles. The number of nitrogens with two attached hydrogens (primary N) is 1. The number of nitrogens with zero attached hydrogens (tertiary/aromatic N) is 4.